The molecule has 4 nitrogen and oxygen atoms in total. The molecule has 0 aromatic carbocycles. The summed E-state index contributed by atoms with van der Waals surface area (Å²) in [7, 11) is 4.29. The number of pyridine rings is 1. The Labute approximate surface area is 111 Å². The molecular weight excluding hydrogens is 280 g/mol. The lowest BCUT2D eigenvalue weighted by molar-refractivity contribution is 0.249. The molecule has 5 heteroatoms. The van der Waals surface area contributed by atoms with Crippen molar-refractivity contribution in [3.05, 3.63) is 16.7 Å². The molecule has 2 heterocycles. The minimum atomic E-state index is 0.683. The Morgan fingerprint density at radius 1 is 1.41 bits per heavy atom. The number of nitrogens with zero attached hydrogens (tertiary/aromatic N) is 3. The van der Waals surface area contributed by atoms with Gasteiger partial charge in [0, 0.05) is 29.8 Å². The fraction of sp³-hybridized carbons (Fsp3) is 0.583. The molecule has 1 aromatic heterocycles. The molecule has 2 N–H and O–H groups in total. The lowest BCUT2D eigenvalue weighted by atomic mass is 10.0. The summed E-state index contributed by atoms with van der Waals surface area (Å²) < 4.78 is 0.932. The van der Waals surface area contributed by atoms with Crippen molar-refractivity contribution in [2.75, 3.05) is 37.8 Å². The number of halogens is 1. The Morgan fingerprint density at radius 2 is 2.06 bits per heavy atom. The van der Waals surface area contributed by atoms with Crippen molar-refractivity contribution < 1.29 is 0 Å². The van der Waals surface area contributed by atoms with E-state index in [1.807, 2.05) is 12.3 Å². The number of anilines is 2. The molecule has 1 fully saturated rings. The zero-order chi connectivity index (χ0) is 12.4. The van der Waals surface area contributed by atoms with Gasteiger partial charge in [-0.3, -0.25) is 0 Å². The smallest absolute Gasteiger partial charge is 0.151 e. The van der Waals surface area contributed by atoms with E-state index < -0.39 is 0 Å². The molecule has 0 saturated carbocycles. The number of hydrogen-bond acceptors (Lipinski definition) is 4. The molecule has 0 unspecified atom stereocenters. The molecule has 0 bridgehead atoms. The number of hydrogen-bond donors (Lipinski definition) is 1. The highest BCUT2D eigenvalue weighted by atomic mass is 79.9. The van der Waals surface area contributed by atoms with Crippen LogP contribution in [0.25, 0.3) is 0 Å². The summed E-state index contributed by atoms with van der Waals surface area (Å²) in [5, 5.41) is 0. The maximum atomic E-state index is 6.00. The summed E-state index contributed by atoms with van der Waals surface area (Å²) in [5.41, 5.74) is 6.75. The minimum absolute atomic E-state index is 0.683. The standard InChI is InChI=1S/C12H19BrN4/c1-16(2)10-3-5-17(6-4-10)12-11(14)7-9(13)8-15-12/h7-8,10H,3-6,14H2,1-2H3. The molecular formula is C12H19BrN4. The van der Waals surface area contributed by atoms with Gasteiger partial charge in [-0.05, 0) is 48.9 Å². The second kappa shape index (κ2) is 5.23. The fourth-order valence-electron chi connectivity index (χ4n) is 2.31. The first kappa shape index (κ1) is 12.6. The maximum absolute atomic E-state index is 6.00. The Morgan fingerprint density at radius 3 is 2.59 bits per heavy atom. The van der Waals surface area contributed by atoms with Crippen molar-refractivity contribution in [3.63, 3.8) is 0 Å². The first-order valence-electron chi connectivity index (χ1n) is 5.90. The molecule has 2 rings (SSSR count). The van der Waals surface area contributed by atoms with Gasteiger partial charge in [-0.25, -0.2) is 4.98 Å². The number of aromatic nitrogens is 1. The average Bonchev–Trinajstić information content (AvgIpc) is 2.29. The predicted octanol–water partition coefficient (Wildman–Crippen LogP) is 1.96. The van der Waals surface area contributed by atoms with Gasteiger partial charge in [0.05, 0.1) is 5.69 Å². The monoisotopic (exact) mass is 298 g/mol. The summed E-state index contributed by atoms with van der Waals surface area (Å²) in [6, 6.07) is 2.60. The van der Waals surface area contributed by atoms with Crippen molar-refractivity contribution in [2.45, 2.75) is 18.9 Å². The highest BCUT2D eigenvalue weighted by Gasteiger charge is 2.22. The normalized spacial score (nSPS) is 17.8. The van der Waals surface area contributed by atoms with Gasteiger partial charge in [0.15, 0.2) is 5.82 Å². The van der Waals surface area contributed by atoms with Crippen molar-refractivity contribution in [1.82, 2.24) is 9.88 Å². The SMILES string of the molecule is CN(C)C1CCN(c2ncc(Br)cc2N)CC1. The summed E-state index contributed by atoms with van der Waals surface area (Å²) in [4.78, 5) is 8.99. The first-order chi connectivity index (χ1) is 8.08. The minimum Gasteiger partial charge on any atom is -0.396 e. The lowest BCUT2D eigenvalue weighted by Gasteiger charge is -2.36. The van der Waals surface area contributed by atoms with Crippen LogP contribution in [-0.2, 0) is 0 Å². The van der Waals surface area contributed by atoms with Gasteiger partial charge in [0.25, 0.3) is 0 Å². The van der Waals surface area contributed by atoms with Crippen LogP contribution in [0.5, 0.6) is 0 Å². The molecule has 1 aliphatic rings. The van der Waals surface area contributed by atoms with Gasteiger partial charge < -0.3 is 15.5 Å². The molecule has 1 aliphatic heterocycles. The van der Waals surface area contributed by atoms with Crippen molar-refractivity contribution in [2.24, 2.45) is 0 Å². The van der Waals surface area contributed by atoms with E-state index in [4.69, 9.17) is 5.73 Å². The molecule has 1 saturated heterocycles. The molecule has 17 heavy (non-hydrogen) atoms. The Kier molecular flexibility index (Phi) is 3.89. The van der Waals surface area contributed by atoms with Crippen LogP contribution in [0.2, 0.25) is 0 Å². The van der Waals surface area contributed by atoms with E-state index in [0.29, 0.717) is 6.04 Å². The highest BCUT2D eigenvalue weighted by molar-refractivity contribution is 9.10. The molecule has 0 radical (unpaired) electrons. The molecule has 0 amide bonds. The zero-order valence-corrected chi connectivity index (χ0v) is 11.9. The summed E-state index contributed by atoms with van der Waals surface area (Å²) in [5.74, 6) is 0.922. The van der Waals surface area contributed by atoms with Crippen molar-refractivity contribution >= 4 is 27.4 Å². The summed E-state index contributed by atoms with van der Waals surface area (Å²) >= 11 is 3.38. The Hall–Kier alpha value is -0.810. The van der Waals surface area contributed by atoms with E-state index >= 15 is 0 Å². The van der Waals surface area contributed by atoms with Gasteiger partial charge in [0.2, 0.25) is 0 Å². The van der Waals surface area contributed by atoms with Gasteiger partial charge in [0.1, 0.15) is 0 Å². The Bertz CT molecular complexity index is 386. The molecule has 1 aromatic rings. The quantitative estimate of drug-likeness (QED) is 0.907. The van der Waals surface area contributed by atoms with Gasteiger partial charge in [-0.1, -0.05) is 0 Å². The van der Waals surface area contributed by atoms with Crippen molar-refractivity contribution in [3.8, 4) is 0 Å². The largest absolute Gasteiger partial charge is 0.396 e. The van der Waals surface area contributed by atoms with E-state index in [0.717, 1.165) is 29.1 Å². The van der Waals surface area contributed by atoms with Crippen LogP contribution >= 0.6 is 15.9 Å². The van der Waals surface area contributed by atoms with E-state index in [9.17, 15) is 0 Å². The molecule has 94 valence electrons. The van der Waals surface area contributed by atoms with E-state index in [1.54, 1.807) is 0 Å². The third-order valence-corrected chi connectivity index (χ3v) is 3.79. The van der Waals surface area contributed by atoms with Gasteiger partial charge >= 0.3 is 0 Å². The molecule has 0 spiro atoms. The number of rotatable bonds is 2. The van der Waals surface area contributed by atoms with Crippen LogP contribution in [0.15, 0.2) is 16.7 Å². The predicted molar refractivity (Wildman–Crippen MR) is 75.3 cm³/mol. The van der Waals surface area contributed by atoms with Crippen LogP contribution < -0.4 is 10.6 Å². The van der Waals surface area contributed by atoms with Crippen LogP contribution in [0, 0.1) is 0 Å². The van der Waals surface area contributed by atoms with E-state index in [-0.39, 0.29) is 0 Å². The maximum Gasteiger partial charge on any atom is 0.151 e. The third kappa shape index (κ3) is 2.90. The topological polar surface area (TPSA) is 45.4 Å². The second-order valence-corrected chi connectivity index (χ2v) is 5.66. The average molecular weight is 299 g/mol. The van der Waals surface area contributed by atoms with Gasteiger partial charge in [-0.2, -0.15) is 0 Å². The summed E-state index contributed by atoms with van der Waals surface area (Å²) in [6.45, 7) is 2.06. The molecule has 0 atom stereocenters. The summed E-state index contributed by atoms with van der Waals surface area (Å²) in [6.07, 6.45) is 4.15. The van der Waals surface area contributed by atoms with E-state index in [1.165, 1.54) is 12.8 Å². The van der Waals surface area contributed by atoms with Crippen LogP contribution in [0.3, 0.4) is 0 Å². The second-order valence-electron chi connectivity index (χ2n) is 4.75. The van der Waals surface area contributed by atoms with Gasteiger partial charge in [-0.15, -0.1) is 0 Å². The highest BCUT2D eigenvalue weighted by Crippen LogP contribution is 2.26. The van der Waals surface area contributed by atoms with E-state index in [2.05, 4.69) is 44.8 Å². The first-order valence-corrected chi connectivity index (χ1v) is 6.69. The number of nitrogens with two attached hydrogens (primary N) is 1. The third-order valence-electron chi connectivity index (χ3n) is 3.36. The molecule has 0 aliphatic carbocycles. The lowest BCUT2D eigenvalue weighted by Crippen LogP contribution is -2.42. The number of piperidine rings is 1. The number of nitrogen functional groups attached to an aromatic ring is 1. The van der Waals surface area contributed by atoms with Crippen molar-refractivity contribution in [1.29, 1.82) is 0 Å². The van der Waals surface area contributed by atoms with Crippen LogP contribution in [0.4, 0.5) is 11.5 Å². The fourth-order valence-corrected chi connectivity index (χ4v) is 2.65. The Balaban J connectivity index is 2.05. The van der Waals surface area contributed by atoms with Crippen LogP contribution in [0.1, 0.15) is 12.8 Å². The van der Waals surface area contributed by atoms with Crippen LogP contribution in [-0.4, -0.2) is 43.1 Å². The zero-order valence-electron chi connectivity index (χ0n) is 10.4.